The van der Waals surface area contributed by atoms with Crippen molar-refractivity contribution in [1.29, 1.82) is 0 Å². The number of aromatic nitrogens is 12. The number of pyridine rings is 3. The number of fused-ring (bicyclic) bond motifs is 6. The Hall–Kier alpha value is -10.2. The predicted molar refractivity (Wildman–Crippen MR) is 375 cm³/mol. The second-order valence-electron chi connectivity index (χ2n) is 21.7. The van der Waals surface area contributed by atoms with E-state index in [1.165, 1.54) is 12.4 Å². The molecule has 2 amide bonds. The molecule has 15 aromatic rings. The maximum Gasteiger partial charge on any atom is 0.396 e. The number of halogens is 10. The van der Waals surface area contributed by atoms with Gasteiger partial charge in [-0.3, -0.25) is 24.5 Å². The van der Waals surface area contributed by atoms with Gasteiger partial charge in [0.05, 0.1) is 88.7 Å². The first-order chi connectivity index (χ1) is 47.8. The van der Waals surface area contributed by atoms with Crippen molar-refractivity contribution in [3.63, 3.8) is 0 Å². The molecule has 32 heteroatoms. The molecule has 9 heterocycles. The molecule has 9 aromatic heterocycles. The van der Waals surface area contributed by atoms with Gasteiger partial charge in [0.25, 0.3) is 0 Å². The van der Waals surface area contributed by atoms with E-state index in [4.69, 9.17) is 93.3 Å². The summed E-state index contributed by atoms with van der Waals surface area (Å²) < 4.78 is 64.0. The summed E-state index contributed by atoms with van der Waals surface area (Å²) in [6.45, 7) is 2.04. The molecule has 15 rings (SSSR count). The van der Waals surface area contributed by atoms with Gasteiger partial charge in [0.1, 0.15) is 17.5 Å². The molecule has 100 heavy (non-hydrogen) atoms. The molecule has 22 nitrogen and oxygen atoms in total. The van der Waals surface area contributed by atoms with Gasteiger partial charge in [-0.25, -0.2) is 18.0 Å². The second-order valence-corrected chi connectivity index (χ2v) is 24.2. The van der Waals surface area contributed by atoms with Gasteiger partial charge in [-0.2, -0.15) is 0 Å². The van der Waals surface area contributed by atoms with Gasteiger partial charge in [-0.15, -0.1) is 43.0 Å². The monoisotopic (exact) mass is 1490 g/mol. The molecule has 0 aliphatic rings. The molecule has 0 radical (unpaired) electrons. The molecule has 0 aliphatic carbocycles. The maximum atomic E-state index is 14.7. The quantitative estimate of drug-likeness (QED) is 0.0520. The van der Waals surface area contributed by atoms with Crippen LogP contribution < -0.4 is 16.4 Å². The lowest BCUT2D eigenvalue weighted by molar-refractivity contribution is 0.0478. The molecular weight excluding hydrogens is 1440 g/mol. The van der Waals surface area contributed by atoms with Crippen LogP contribution in [0.25, 0.3) is 65.4 Å². The Morgan fingerprint density at radius 2 is 0.810 bits per heavy atom. The fraction of sp³-hybridized carbons (Fsp3) is 0.118. The van der Waals surface area contributed by atoms with Gasteiger partial charge in [-0.05, 0) is 96.4 Å². The fourth-order valence-corrected chi connectivity index (χ4v) is 11.5. The number of carbonyl (C=O) groups excluding carboxylic acids is 3. The summed E-state index contributed by atoms with van der Waals surface area (Å²) in [6.07, 6.45) is 10.4. The van der Waals surface area contributed by atoms with Crippen molar-refractivity contribution in [3.05, 3.63) is 263 Å². The normalized spacial score (nSPS) is 11.1. The third-order valence-electron chi connectivity index (χ3n) is 15.0. The number of benzene rings is 6. The van der Waals surface area contributed by atoms with Gasteiger partial charge in [0.2, 0.25) is 17.7 Å². The number of hydrogen-bond donors (Lipinski definition) is 6. The Morgan fingerprint density at radius 3 is 1.17 bits per heavy atom. The molecule has 6 aromatic carbocycles. The van der Waals surface area contributed by atoms with Gasteiger partial charge in [0.15, 0.2) is 0 Å². The summed E-state index contributed by atoms with van der Waals surface area (Å²) >= 11 is 35.8. The molecule has 0 spiro atoms. The summed E-state index contributed by atoms with van der Waals surface area (Å²) in [4.78, 5) is 57.7. The van der Waals surface area contributed by atoms with Gasteiger partial charge in [0, 0.05) is 106 Å². The van der Waals surface area contributed by atoms with Crippen LogP contribution in [0.15, 0.2) is 160 Å². The van der Waals surface area contributed by atoms with E-state index in [0.29, 0.717) is 72.7 Å². The number of esters is 1. The smallest absolute Gasteiger partial charge is 0.396 e. The molecule has 508 valence electrons. The first-order valence-corrected chi connectivity index (χ1v) is 32.0. The summed E-state index contributed by atoms with van der Waals surface area (Å²) in [6, 6.07) is 32.5. The minimum absolute atomic E-state index is 0. The molecule has 0 saturated heterocycles. The van der Waals surface area contributed by atoms with E-state index in [1.807, 2.05) is 72.8 Å². The van der Waals surface area contributed by atoms with Crippen LogP contribution in [0.2, 0.25) is 30.1 Å². The average molecular weight is 1490 g/mol. The number of aromatic amines is 3. The molecule has 0 aliphatic heterocycles. The van der Waals surface area contributed by atoms with Gasteiger partial charge in [-0.1, -0.05) is 106 Å². The van der Waals surface area contributed by atoms with Crippen LogP contribution >= 0.6 is 82.0 Å². The standard InChI is InChI=1S/2C22H14Cl2FN5O2.C15H12ClN3O3.C9H8ClFN2.ClH/c2*23-14-7-13-5-11(1-3-16(13)26-9-14)6-18-29-30-22(32-18)21(31)28-8-12-2-4-17-19(20(12)25)15(24)10-27-17;1-2-21-15(20)14-19-18-13(22-14)6-9-3-4-12-10(5-9)7-11(16)8-17-12;10-6-4-13-7-2-1-5(3-12)9(11)8(6)7;/h2*1-5,7,9-10,27H,6,8H2,(H,28,31);3-5,7-8H,2,6H2,1H3;1-2,4,13H,3,12H2;1H. The molecule has 0 atom stereocenters. The van der Waals surface area contributed by atoms with Crippen LogP contribution in [0.4, 0.5) is 13.2 Å². The lowest BCUT2D eigenvalue weighted by Gasteiger charge is -2.05. The molecule has 0 bridgehead atoms. The Bertz CT molecular complexity index is 5310. The number of carbonyl (C=O) groups is 3. The predicted octanol–water partition coefficient (Wildman–Crippen LogP) is 16.0. The van der Waals surface area contributed by atoms with E-state index in [9.17, 15) is 27.6 Å². The van der Waals surface area contributed by atoms with Crippen LogP contribution in [0, 0.1) is 17.5 Å². The summed E-state index contributed by atoms with van der Waals surface area (Å²) in [5.74, 6) is -2.78. The lowest BCUT2D eigenvalue weighted by atomic mass is 10.1. The summed E-state index contributed by atoms with van der Waals surface area (Å²) in [5.41, 5.74) is 13.5. The Morgan fingerprint density at radius 1 is 0.470 bits per heavy atom. The third-order valence-corrected chi connectivity index (χ3v) is 16.5. The highest BCUT2D eigenvalue weighted by molar-refractivity contribution is 6.36. The lowest BCUT2D eigenvalue weighted by Crippen LogP contribution is -2.23. The highest BCUT2D eigenvalue weighted by Gasteiger charge is 2.22. The number of nitrogens with two attached hydrogens (primary N) is 1. The van der Waals surface area contributed by atoms with Crippen LogP contribution in [0.3, 0.4) is 0 Å². The van der Waals surface area contributed by atoms with Crippen LogP contribution in [0.1, 0.15) is 90.0 Å². The molecular formula is C68H49Cl7F3N15O7. The van der Waals surface area contributed by atoms with Crippen molar-refractivity contribution in [2.45, 2.75) is 45.8 Å². The molecule has 0 fully saturated rings. The van der Waals surface area contributed by atoms with E-state index in [1.54, 1.807) is 68.1 Å². The van der Waals surface area contributed by atoms with E-state index in [2.05, 4.69) is 71.1 Å². The largest absolute Gasteiger partial charge is 0.459 e. The highest BCUT2D eigenvalue weighted by atomic mass is 35.5. The van der Waals surface area contributed by atoms with Crippen molar-refractivity contribution in [2.75, 3.05) is 6.61 Å². The molecule has 0 unspecified atom stereocenters. The van der Waals surface area contributed by atoms with Gasteiger partial charge < -0.3 is 49.3 Å². The molecule has 7 N–H and O–H groups in total. The summed E-state index contributed by atoms with van der Waals surface area (Å²) in [5, 5.41) is 34.5. The topological polar surface area (TPSA) is 313 Å². The first-order valence-electron chi connectivity index (χ1n) is 29.7. The fourth-order valence-electron chi connectivity index (χ4n) is 10.2. The minimum Gasteiger partial charge on any atom is -0.459 e. The van der Waals surface area contributed by atoms with Crippen LogP contribution in [-0.2, 0) is 43.6 Å². The van der Waals surface area contributed by atoms with Gasteiger partial charge >= 0.3 is 35.5 Å². The number of ether oxygens (including phenoxy) is 1. The number of nitrogens with zero attached hydrogens (tertiary/aromatic N) is 9. The van der Waals surface area contributed by atoms with Crippen molar-refractivity contribution in [2.24, 2.45) is 5.73 Å². The van der Waals surface area contributed by atoms with E-state index < -0.39 is 29.4 Å². The zero-order chi connectivity index (χ0) is 69.4. The number of nitrogens with one attached hydrogen (secondary N) is 5. The third kappa shape index (κ3) is 16.6. The highest BCUT2D eigenvalue weighted by Crippen LogP contribution is 2.31. The zero-order valence-corrected chi connectivity index (χ0v) is 56.9. The zero-order valence-electron chi connectivity index (χ0n) is 51.6. The number of H-pyrrole nitrogens is 3. The van der Waals surface area contributed by atoms with E-state index >= 15 is 0 Å². The van der Waals surface area contributed by atoms with Crippen molar-refractivity contribution >= 4 is 165 Å². The maximum absolute atomic E-state index is 14.7. The van der Waals surface area contributed by atoms with Crippen LogP contribution in [-0.4, -0.2) is 84.9 Å². The number of rotatable bonds is 15. The van der Waals surface area contributed by atoms with E-state index in [-0.39, 0.29) is 106 Å². The average Bonchev–Trinajstić information content (AvgIpc) is 1.69. The van der Waals surface area contributed by atoms with Crippen LogP contribution in [0.5, 0.6) is 0 Å². The Balaban J connectivity index is 0.000000140. The summed E-state index contributed by atoms with van der Waals surface area (Å²) in [7, 11) is 0. The number of hydrogen-bond acceptors (Lipinski definition) is 17. The van der Waals surface area contributed by atoms with Crippen molar-refractivity contribution in [1.82, 2.24) is 71.1 Å². The molecule has 0 saturated carbocycles. The minimum atomic E-state index is -0.615. The van der Waals surface area contributed by atoms with E-state index in [0.717, 1.165) is 49.4 Å². The second kappa shape index (κ2) is 31.8. The Labute approximate surface area is 598 Å². The first kappa shape index (κ1) is 71.1. The SMILES string of the molecule is CCOC(=O)c1nnc(Cc2ccc3ncc(Cl)cc3c2)o1.Cl.NCc1ccc2[nH]cc(Cl)c2c1F.O=C(NCc1ccc2[nH]cc(Cl)c2c1F)c1nnc(Cc2ccc3ncc(Cl)cc3c2)o1.O=C(NCc1ccc2[nH]cc(Cl)c2c1F)c1nnc(Cc2ccc3ncc(Cl)cc3c2)o1. The number of amides is 2. The van der Waals surface area contributed by atoms with Crippen molar-refractivity contribution in [3.8, 4) is 0 Å². The Kier molecular flexibility index (Phi) is 22.6. The van der Waals surface area contributed by atoms with Crippen molar-refractivity contribution < 1.29 is 45.5 Å².